The molecule has 0 radical (unpaired) electrons. The van der Waals surface area contributed by atoms with Crippen molar-refractivity contribution in [2.75, 3.05) is 9.80 Å². The van der Waals surface area contributed by atoms with Gasteiger partial charge in [0, 0.05) is 11.4 Å². The average molecular weight is 459 g/mol. The van der Waals surface area contributed by atoms with Crippen LogP contribution in [0, 0.1) is 6.57 Å². The second kappa shape index (κ2) is 7.60. The van der Waals surface area contributed by atoms with Crippen molar-refractivity contribution in [3.63, 3.8) is 0 Å². The Bertz CT molecular complexity index is 1170. The summed E-state index contributed by atoms with van der Waals surface area (Å²) in [7, 11) is 0. The number of carboxylic acids is 1. The van der Waals surface area contributed by atoms with E-state index in [0.29, 0.717) is 24.1 Å². The molecule has 0 unspecified atom stereocenters. The van der Waals surface area contributed by atoms with Gasteiger partial charge in [0.25, 0.3) is 5.91 Å². The summed E-state index contributed by atoms with van der Waals surface area (Å²) in [4.78, 5) is 30.0. The zero-order valence-electron chi connectivity index (χ0n) is 16.5. The molecule has 0 atom stereocenters. The van der Waals surface area contributed by atoms with Gasteiger partial charge in [0.15, 0.2) is 10.8 Å². The molecule has 1 amide bonds. The minimum Gasteiger partial charge on any atom is -0.481 e. The monoisotopic (exact) mass is 459 g/mol. The van der Waals surface area contributed by atoms with Crippen LogP contribution in [0.1, 0.15) is 30.4 Å². The summed E-state index contributed by atoms with van der Waals surface area (Å²) in [6.45, 7) is 7.00. The summed E-state index contributed by atoms with van der Waals surface area (Å²) in [6, 6.07) is 9.67. The van der Waals surface area contributed by atoms with E-state index in [9.17, 15) is 22.8 Å². The van der Waals surface area contributed by atoms with Gasteiger partial charge in [0.2, 0.25) is 0 Å². The van der Waals surface area contributed by atoms with Crippen LogP contribution >= 0.6 is 12.2 Å². The summed E-state index contributed by atoms with van der Waals surface area (Å²) in [5.74, 6) is -1.39. The van der Waals surface area contributed by atoms with Crippen LogP contribution in [0.3, 0.4) is 0 Å². The Labute approximate surface area is 186 Å². The average Bonchev–Trinajstić information content (AvgIpc) is 2.94. The molecule has 2 aromatic carbocycles. The molecule has 10 heteroatoms. The van der Waals surface area contributed by atoms with E-state index in [0.717, 1.165) is 23.5 Å². The van der Waals surface area contributed by atoms with E-state index in [1.54, 1.807) is 29.2 Å². The zero-order chi connectivity index (χ0) is 23.3. The molecule has 6 nitrogen and oxygen atoms in total. The predicted octanol–water partition coefficient (Wildman–Crippen LogP) is 4.94. The van der Waals surface area contributed by atoms with Crippen molar-refractivity contribution in [2.45, 2.75) is 37.4 Å². The number of thiocarbonyl (C=S) groups is 1. The quantitative estimate of drug-likeness (QED) is 0.518. The first-order valence-corrected chi connectivity index (χ1v) is 10.1. The second-order valence-electron chi connectivity index (χ2n) is 7.69. The smallest absolute Gasteiger partial charge is 0.407 e. The Kier molecular flexibility index (Phi) is 5.17. The van der Waals surface area contributed by atoms with Crippen LogP contribution in [0.15, 0.2) is 42.5 Å². The number of nitrogens with zero attached hydrogens (tertiary/aromatic N) is 3. The van der Waals surface area contributed by atoms with E-state index in [2.05, 4.69) is 4.85 Å². The van der Waals surface area contributed by atoms with Crippen molar-refractivity contribution in [1.82, 2.24) is 0 Å². The van der Waals surface area contributed by atoms with Crippen LogP contribution in [0.2, 0.25) is 0 Å². The van der Waals surface area contributed by atoms with Crippen molar-refractivity contribution in [3.05, 3.63) is 65.0 Å². The molecule has 2 aliphatic rings. The normalized spacial score (nSPS) is 17.4. The number of hydrogen-bond donors (Lipinski definition) is 1. The number of carbonyl (C=O) groups excluding carboxylic acids is 1. The number of carboxylic acid groups (broad SMARTS) is 1. The van der Waals surface area contributed by atoms with Gasteiger partial charge in [0.05, 0.1) is 18.6 Å². The molecule has 0 bridgehead atoms. The molecule has 1 saturated carbocycles. The molecule has 1 heterocycles. The lowest BCUT2D eigenvalue weighted by atomic mass is 9.75. The number of alkyl halides is 3. The van der Waals surface area contributed by atoms with Gasteiger partial charge < -0.3 is 10.0 Å². The zero-order valence-corrected chi connectivity index (χ0v) is 17.3. The molecule has 2 aromatic rings. The number of halogens is 3. The van der Waals surface area contributed by atoms with Crippen LogP contribution in [-0.4, -0.2) is 27.6 Å². The Balaban J connectivity index is 1.76. The number of carbonyl (C=O) groups is 2. The largest absolute Gasteiger partial charge is 0.481 e. The highest BCUT2D eigenvalue weighted by atomic mass is 32.1. The van der Waals surface area contributed by atoms with Crippen LogP contribution in [0.25, 0.3) is 4.85 Å². The molecular weight excluding hydrogens is 443 g/mol. The molecule has 0 aromatic heterocycles. The van der Waals surface area contributed by atoms with Gasteiger partial charge in [0.1, 0.15) is 5.54 Å². The minimum atomic E-state index is -4.76. The fraction of sp³-hybridized carbons (Fsp3) is 0.273. The number of benzene rings is 2. The molecule has 1 saturated heterocycles. The summed E-state index contributed by atoms with van der Waals surface area (Å²) in [5, 5.41) is 9.00. The molecule has 2 fully saturated rings. The van der Waals surface area contributed by atoms with Crippen LogP contribution < -0.4 is 9.80 Å². The Morgan fingerprint density at radius 2 is 1.78 bits per heavy atom. The molecule has 32 heavy (non-hydrogen) atoms. The van der Waals surface area contributed by atoms with Gasteiger partial charge in [-0.3, -0.25) is 14.5 Å². The highest BCUT2D eigenvalue weighted by Crippen LogP contribution is 2.48. The predicted molar refractivity (Wildman–Crippen MR) is 115 cm³/mol. The van der Waals surface area contributed by atoms with Crippen LogP contribution in [0.4, 0.5) is 30.2 Å². The third kappa shape index (κ3) is 3.39. The highest BCUT2D eigenvalue weighted by molar-refractivity contribution is 7.81. The van der Waals surface area contributed by atoms with E-state index >= 15 is 0 Å². The summed E-state index contributed by atoms with van der Waals surface area (Å²) in [5.41, 5.74) is -1.57. The fourth-order valence-electron chi connectivity index (χ4n) is 4.13. The van der Waals surface area contributed by atoms with Gasteiger partial charge in [-0.05, 0) is 61.3 Å². The van der Waals surface area contributed by atoms with Gasteiger partial charge in [-0.25, -0.2) is 4.85 Å². The number of hydrogen-bond acceptors (Lipinski definition) is 3. The first-order valence-electron chi connectivity index (χ1n) is 9.67. The summed E-state index contributed by atoms with van der Waals surface area (Å²) in [6.07, 6.45) is -3.17. The van der Waals surface area contributed by atoms with E-state index in [-0.39, 0.29) is 17.2 Å². The van der Waals surface area contributed by atoms with Crippen LogP contribution in [0.5, 0.6) is 0 Å². The molecule has 1 aliphatic heterocycles. The van der Waals surface area contributed by atoms with Gasteiger partial charge in [-0.2, -0.15) is 13.2 Å². The molecular formula is C22H16F3N3O3S. The number of anilines is 2. The first kappa shape index (κ1) is 21.8. The van der Waals surface area contributed by atoms with Gasteiger partial charge in [-0.15, -0.1) is 0 Å². The van der Waals surface area contributed by atoms with Gasteiger partial charge in [-0.1, -0.05) is 18.2 Å². The molecule has 1 spiro atoms. The SMILES string of the molecule is [C-]#[N+]c1ccc(N2C(=O)C3(CCC3)N(c3ccc(CC(=O)O)cc3)C2=S)cc1C(F)(F)F. The van der Waals surface area contributed by atoms with Crippen molar-refractivity contribution >= 4 is 46.3 Å². The maximum atomic E-state index is 13.5. The van der Waals surface area contributed by atoms with E-state index < -0.39 is 34.8 Å². The lowest BCUT2D eigenvalue weighted by Gasteiger charge is -2.43. The second-order valence-corrected chi connectivity index (χ2v) is 8.06. The Hall–Kier alpha value is -3.45. The van der Waals surface area contributed by atoms with E-state index in [1.165, 1.54) is 6.07 Å². The van der Waals surface area contributed by atoms with Crippen molar-refractivity contribution in [3.8, 4) is 0 Å². The number of aliphatic carboxylic acids is 1. The highest BCUT2D eigenvalue weighted by Gasteiger charge is 2.59. The lowest BCUT2D eigenvalue weighted by Crippen LogP contribution is -2.55. The van der Waals surface area contributed by atoms with E-state index in [1.807, 2.05) is 0 Å². The van der Waals surface area contributed by atoms with Gasteiger partial charge >= 0.3 is 12.1 Å². The number of amides is 1. The maximum Gasteiger partial charge on any atom is 0.407 e. The molecule has 1 aliphatic carbocycles. The van der Waals surface area contributed by atoms with Crippen molar-refractivity contribution in [2.24, 2.45) is 0 Å². The summed E-state index contributed by atoms with van der Waals surface area (Å²) < 4.78 is 40.4. The van der Waals surface area contributed by atoms with E-state index in [4.69, 9.17) is 23.9 Å². The third-order valence-electron chi connectivity index (χ3n) is 5.81. The molecule has 164 valence electrons. The van der Waals surface area contributed by atoms with Crippen molar-refractivity contribution < 1.29 is 27.9 Å². The molecule has 1 N–H and O–H groups in total. The first-order chi connectivity index (χ1) is 15.1. The number of rotatable bonds is 4. The Morgan fingerprint density at radius 1 is 1.16 bits per heavy atom. The fourth-order valence-corrected chi connectivity index (χ4v) is 4.60. The van der Waals surface area contributed by atoms with Crippen molar-refractivity contribution in [1.29, 1.82) is 0 Å². The lowest BCUT2D eigenvalue weighted by molar-refractivity contribution is -0.137. The molecule has 4 rings (SSSR count). The minimum absolute atomic E-state index is 0.0454. The van der Waals surface area contributed by atoms with Crippen LogP contribution in [-0.2, 0) is 22.2 Å². The standard InChI is InChI=1S/C22H16F3N3O3S/c1-26-17-8-7-15(12-16(17)22(23,24)25)27-19(31)21(9-2-10-21)28(20(27)32)14-5-3-13(4-6-14)11-18(29)30/h3-8,12H,2,9-11H2,(H,29,30). The third-order valence-corrected chi connectivity index (χ3v) is 6.17. The topological polar surface area (TPSA) is 65.2 Å². The maximum absolute atomic E-state index is 13.5. The Morgan fingerprint density at radius 3 is 2.28 bits per heavy atom. The summed E-state index contributed by atoms with van der Waals surface area (Å²) >= 11 is 5.55.